The molecule has 6 nitrogen and oxygen atoms in total. The minimum atomic E-state index is -1.19. The van der Waals surface area contributed by atoms with E-state index in [9.17, 15) is 9.59 Å². The molecule has 0 saturated carbocycles. The van der Waals surface area contributed by atoms with Gasteiger partial charge in [0.25, 0.3) is 5.56 Å². The van der Waals surface area contributed by atoms with E-state index in [4.69, 9.17) is 5.11 Å². The lowest BCUT2D eigenvalue weighted by molar-refractivity contribution is 0.0693. The second kappa shape index (κ2) is 5.55. The second-order valence-electron chi connectivity index (χ2n) is 5.35. The lowest BCUT2D eigenvalue weighted by atomic mass is 10.1. The third-order valence-corrected chi connectivity index (χ3v) is 3.56. The van der Waals surface area contributed by atoms with Crippen molar-refractivity contribution in [2.45, 2.75) is 40.3 Å². The first-order valence-electron chi connectivity index (χ1n) is 6.77. The Morgan fingerprint density at radius 1 is 1.38 bits per heavy atom. The Morgan fingerprint density at radius 3 is 2.57 bits per heavy atom. The summed E-state index contributed by atoms with van der Waals surface area (Å²) >= 11 is 0. The predicted octanol–water partition coefficient (Wildman–Crippen LogP) is 1.93. The van der Waals surface area contributed by atoms with Crippen molar-refractivity contribution in [3.8, 4) is 0 Å². The highest BCUT2D eigenvalue weighted by molar-refractivity contribution is 5.88. The fourth-order valence-electron chi connectivity index (χ4n) is 2.45. The summed E-state index contributed by atoms with van der Waals surface area (Å²) in [5, 5.41) is 13.5. The molecule has 1 N–H and O–H groups in total. The second-order valence-corrected chi connectivity index (χ2v) is 5.35. The molecule has 0 fully saturated rings. The van der Waals surface area contributed by atoms with Crippen LogP contribution >= 0.6 is 0 Å². The molecule has 2 rings (SSSR count). The van der Waals surface area contributed by atoms with Gasteiger partial charge in [-0.3, -0.25) is 9.48 Å². The van der Waals surface area contributed by atoms with Crippen molar-refractivity contribution in [1.29, 1.82) is 0 Å². The Labute approximate surface area is 122 Å². The number of carbonyl (C=O) groups is 1. The zero-order valence-electron chi connectivity index (χ0n) is 12.6. The molecule has 1 unspecified atom stereocenters. The summed E-state index contributed by atoms with van der Waals surface area (Å²) in [4.78, 5) is 23.5. The van der Waals surface area contributed by atoms with Crippen molar-refractivity contribution in [3.63, 3.8) is 0 Å². The zero-order chi connectivity index (χ0) is 15.7. The van der Waals surface area contributed by atoms with Gasteiger partial charge >= 0.3 is 5.97 Å². The highest BCUT2D eigenvalue weighted by atomic mass is 16.4. The SMILES string of the molecule is Cc1cc(C)n(CC(C)n2ccc(C)c(C(=O)O)c2=O)n1. The van der Waals surface area contributed by atoms with Crippen molar-refractivity contribution in [1.82, 2.24) is 14.3 Å². The number of aryl methyl sites for hydroxylation is 3. The summed E-state index contributed by atoms with van der Waals surface area (Å²) in [5.74, 6) is -1.19. The molecule has 2 aromatic heterocycles. The van der Waals surface area contributed by atoms with Gasteiger partial charge in [-0.2, -0.15) is 5.10 Å². The van der Waals surface area contributed by atoms with Gasteiger partial charge in [0.1, 0.15) is 5.56 Å². The fourth-order valence-corrected chi connectivity index (χ4v) is 2.45. The van der Waals surface area contributed by atoms with Gasteiger partial charge in [-0.1, -0.05) is 0 Å². The highest BCUT2D eigenvalue weighted by Crippen LogP contribution is 2.11. The van der Waals surface area contributed by atoms with Gasteiger partial charge in [0.2, 0.25) is 0 Å². The molecule has 2 heterocycles. The van der Waals surface area contributed by atoms with E-state index in [1.54, 1.807) is 19.2 Å². The normalized spacial score (nSPS) is 12.4. The number of pyridine rings is 1. The number of carboxylic acid groups (broad SMARTS) is 1. The molecule has 1 atom stereocenters. The molecule has 2 aromatic rings. The highest BCUT2D eigenvalue weighted by Gasteiger charge is 2.17. The Morgan fingerprint density at radius 2 is 2.05 bits per heavy atom. The van der Waals surface area contributed by atoms with Gasteiger partial charge in [0.05, 0.1) is 18.3 Å². The summed E-state index contributed by atoms with van der Waals surface area (Å²) in [6.45, 7) is 7.88. The first-order valence-corrected chi connectivity index (χ1v) is 6.77. The van der Waals surface area contributed by atoms with Crippen LogP contribution in [0.3, 0.4) is 0 Å². The Bertz CT molecular complexity index is 743. The van der Waals surface area contributed by atoms with Crippen LogP contribution in [0, 0.1) is 20.8 Å². The van der Waals surface area contributed by atoms with Crippen molar-refractivity contribution in [2.24, 2.45) is 0 Å². The summed E-state index contributed by atoms with van der Waals surface area (Å²) < 4.78 is 3.28. The van der Waals surface area contributed by atoms with Crippen LogP contribution in [-0.4, -0.2) is 25.4 Å². The van der Waals surface area contributed by atoms with Crippen molar-refractivity contribution >= 4 is 5.97 Å². The van der Waals surface area contributed by atoms with Crippen LogP contribution in [0.1, 0.15) is 40.3 Å². The van der Waals surface area contributed by atoms with Crippen LogP contribution in [0.2, 0.25) is 0 Å². The number of rotatable bonds is 4. The molecule has 0 bridgehead atoms. The van der Waals surface area contributed by atoms with Gasteiger partial charge in [-0.15, -0.1) is 0 Å². The maximum atomic E-state index is 12.3. The molecule has 112 valence electrons. The van der Waals surface area contributed by atoms with Crippen molar-refractivity contribution in [2.75, 3.05) is 0 Å². The van der Waals surface area contributed by atoms with Gasteiger partial charge in [0, 0.05) is 11.9 Å². The summed E-state index contributed by atoms with van der Waals surface area (Å²) in [5.41, 5.74) is 1.76. The van der Waals surface area contributed by atoms with E-state index in [0.717, 1.165) is 11.4 Å². The van der Waals surface area contributed by atoms with E-state index in [0.29, 0.717) is 12.1 Å². The standard InChI is InChI=1S/C15H19N3O3/c1-9-5-6-17(14(19)13(9)15(20)21)12(4)8-18-11(3)7-10(2)16-18/h5-7,12H,8H2,1-4H3,(H,20,21). The van der Waals surface area contributed by atoms with E-state index >= 15 is 0 Å². The maximum Gasteiger partial charge on any atom is 0.341 e. The zero-order valence-corrected chi connectivity index (χ0v) is 12.6. The van der Waals surface area contributed by atoms with Crippen LogP contribution < -0.4 is 5.56 Å². The molecule has 0 saturated heterocycles. The quantitative estimate of drug-likeness (QED) is 0.933. The first kappa shape index (κ1) is 15.0. The van der Waals surface area contributed by atoms with Crippen molar-refractivity contribution in [3.05, 3.63) is 51.2 Å². The minimum absolute atomic E-state index is 0.169. The number of hydrogen-bond donors (Lipinski definition) is 1. The lowest BCUT2D eigenvalue weighted by Gasteiger charge is -2.17. The van der Waals surface area contributed by atoms with E-state index in [-0.39, 0.29) is 11.6 Å². The number of aromatic nitrogens is 3. The van der Waals surface area contributed by atoms with Crippen LogP contribution in [0.15, 0.2) is 23.1 Å². The van der Waals surface area contributed by atoms with Crippen LogP contribution in [0.4, 0.5) is 0 Å². The van der Waals surface area contributed by atoms with Gasteiger partial charge in [-0.25, -0.2) is 4.79 Å². The van der Waals surface area contributed by atoms with Crippen LogP contribution in [-0.2, 0) is 6.54 Å². The lowest BCUT2D eigenvalue weighted by Crippen LogP contribution is -2.31. The average Bonchev–Trinajstić information content (AvgIpc) is 2.67. The molecule has 21 heavy (non-hydrogen) atoms. The smallest absolute Gasteiger partial charge is 0.341 e. The molecule has 0 aliphatic carbocycles. The molecular weight excluding hydrogens is 270 g/mol. The van der Waals surface area contributed by atoms with E-state index in [2.05, 4.69) is 5.10 Å². The fraction of sp³-hybridized carbons (Fsp3) is 0.400. The monoisotopic (exact) mass is 289 g/mol. The minimum Gasteiger partial charge on any atom is -0.477 e. The number of aromatic carboxylic acids is 1. The number of carboxylic acids is 1. The Hall–Kier alpha value is -2.37. The van der Waals surface area contributed by atoms with E-state index in [1.165, 1.54) is 4.57 Å². The number of hydrogen-bond acceptors (Lipinski definition) is 3. The maximum absolute atomic E-state index is 12.3. The average molecular weight is 289 g/mol. The number of nitrogens with zero attached hydrogens (tertiary/aromatic N) is 3. The summed E-state index contributed by atoms with van der Waals surface area (Å²) in [6, 6.07) is 3.43. The Kier molecular flexibility index (Phi) is 3.97. The summed E-state index contributed by atoms with van der Waals surface area (Å²) in [6.07, 6.45) is 1.64. The van der Waals surface area contributed by atoms with Gasteiger partial charge in [0.15, 0.2) is 0 Å². The molecule has 0 spiro atoms. The molecule has 0 radical (unpaired) electrons. The van der Waals surface area contributed by atoms with E-state index in [1.807, 2.05) is 31.5 Å². The molecule has 0 aliphatic heterocycles. The van der Waals surface area contributed by atoms with E-state index < -0.39 is 11.5 Å². The predicted molar refractivity (Wildman–Crippen MR) is 78.8 cm³/mol. The molecule has 0 amide bonds. The third-order valence-electron chi connectivity index (χ3n) is 3.56. The summed E-state index contributed by atoms with van der Waals surface area (Å²) in [7, 11) is 0. The van der Waals surface area contributed by atoms with Crippen LogP contribution in [0.5, 0.6) is 0 Å². The van der Waals surface area contributed by atoms with Gasteiger partial charge in [-0.05, 0) is 45.4 Å². The largest absolute Gasteiger partial charge is 0.477 e. The van der Waals surface area contributed by atoms with Gasteiger partial charge < -0.3 is 9.67 Å². The Balaban J connectivity index is 2.38. The molecule has 0 aliphatic rings. The topological polar surface area (TPSA) is 77.1 Å². The molecule has 0 aromatic carbocycles. The molecule has 6 heteroatoms. The van der Waals surface area contributed by atoms with Crippen LogP contribution in [0.25, 0.3) is 0 Å². The third kappa shape index (κ3) is 2.89. The first-order chi connectivity index (χ1) is 9.81. The molecular formula is C15H19N3O3. The van der Waals surface area contributed by atoms with Crippen molar-refractivity contribution < 1.29 is 9.90 Å².